The average Bonchev–Trinajstić information content (AvgIpc) is 3.31. The van der Waals surface area contributed by atoms with E-state index in [9.17, 15) is 22.7 Å². The van der Waals surface area contributed by atoms with Crippen molar-refractivity contribution in [1.29, 1.82) is 0 Å². The maximum absolute atomic E-state index is 13.2. The Balaban J connectivity index is 1.17. The van der Waals surface area contributed by atoms with Crippen LogP contribution in [0.1, 0.15) is 56.4 Å². The molecule has 1 N–H and O–H groups in total. The van der Waals surface area contributed by atoms with Crippen LogP contribution < -0.4 is 0 Å². The number of hydrogen-bond acceptors (Lipinski definition) is 5. The number of carbonyl (C=O) groups is 1. The number of halogens is 1. The van der Waals surface area contributed by atoms with Crippen LogP contribution in [0.5, 0.6) is 0 Å². The number of benzene rings is 2. The Morgan fingerprint density at radius 1 is 0.949 bits per heavy atom. The minimum absolute atomic E-state index is 0.0918. The SMILES string of the molecule is O=C(O)[C@@H](CC1CCC1)N1C[C@H](CN2CCC(CCS(=O)(=O)c3ccc(F)cc3)CC2)[C@@H](c2ccccc2)C1. The summed E-state index contributed by atoms with van der Waals surface area (Å²) in [4.78, 5) is 17.2. The smallest absolute Gasteiger partial charge is 0.320 e. The van der Waals surface area contributed by atoms with E-state index in [0.29, 0.717) is 30.1 Å². The van der Waals surface area contributed by atoms with Crippen LogP contribution in [0.2, 0.25) is 0 Å². The number of piperidine rings is 1. The van der Waals surface area contributed by atoms with Gasteiger partial charge in [0.2, 0.25) is 0 Å². The third-order valence-corrected chi connectivity index (χ3v) is 11.1. The summed E-state index contributed by atoms with van der Waals surface area (Å²) in [5, 5.41) is 10.1. The number of sulfone groups is 1. The molecule has 2 saturated heterocycles. The van der Waals surface area contributed by atoms with Crippen molar-refractivity contribution in [2.45, 2.75) is 61.8 Å². The lowest BCUT2D eigenvalue weighted by molar-refractivity contribution is -0.144. The second kappa shape index (κ2) is 12.5. The fourth-order valence-electron chi connectivity index (χ4n) is 6.74. The van der Waals surface area contributed by atoms with Gasteiger partial charge in [-0.1, -0.05) is 49.6 Å². The predicted octanol–water partition coefficient (Wildman–Crippen LogP) is 5.06. The summed E-state index contributed by atoms with van der Waals surface area (Å²) in [6.07, 6.45) is 6.84. The van der Waals surface area contributed by atoms with E-state index in [2.05, 4.69) is 34.1 Å². The summed E-state index contributed by atoms with van der Waals surface area (Å²) in [6, 6.07) is 15.2. The summed E-state index contributed by atoms with van der Waals surface area (Å²) in [6.45, 7) is 4.40. The average molecular weight is 557 g/mol. The molecule has 2 aromatic rings. The molecule has 0 radical (unpaired) electrons. The number of carboxylic acid groups (broad SMARTS) is 1. The van der Waals surface area contributed by atoms with E-state index in [0.717, 1.165) is 64.8 Å². The molecular formula is C31H41FN2O4S. The summed E-state index contributed by atoms with van der Waals surface area (Å²) < 4.78 is 38.6. The zero-order valence-electron chi connectivity index (χ0n) is 22.6. The van der Waals surface area contributed by atoms with E-state index >= 15 is 0 Å². The van der Waals surface area contributed by atoms with Gasteiger partial charge in [0, 0.05) is 25.6 Å². The first-order chi connectivity index (χ1) is 18.8. The van der Waals surface area contributed by atoms with Crippen LogP contribution in [0.15, 0.2) is 59.5 Å². The Bertz CT molecular complexity index is 1190. The van der Waals surface area contributed by atoms with Gasteiger partial charge in [0.15, 0.2) is 9.84 Å². The summed E-state index contributed by atoms with van der Waals surface area (Å²) >= 11 is 0. The van der Waals surface area contributed by atoms with Crippen molar-refractivity contribution in [2.24, 2.45) is 17.8 Å². The van der Waals surface area contributed by atoms with Crippen LogP contribution in [-0.2, 0) is 14.6 Å². The van der Waals surface area contributed by atoms with E-state index in [1.54, 1.807) is 0 Å². The molecule has 3 fully saturated rings. The third-order valence-electron chi connectivity index (χ3n) is 9.37. The number of rotatable bonds is 11. The Kier molecular flexibility index (Phi) is 9.04. The van der Waals surface area contributed by atoms with E-state index < -0.39 is 27.7 Å². The van der Waals surface area contributed by atoms with Gasteiger partial charge in [-0.2, -0.15) is 0 Å². The van der Waals surface area contributed by atoms with Crippen molar-refractivity contribution >= 4 is 15.8 Å². The lowest BCUT2D eigenvalue weighted by atomic mass is 9.80. The number of aliphatic carboxylic acids is 1. The van der Waals surface area contributed by atoms with Gasteiger partial charge in [-0.3, -0.25) is 9.69 Å². The Hall–Kier alpha value is -2.29. The molecule has 39 heavy (non-hydrogen) atoms. The zero-order chi connectivity index (χ0) is 27.4. The molecule has 212 valence electrons. The molecule has 6 nitrogen and oxygen atoms in total. The summed E-state index contributed by atoms with van der Waals surface area (Å²) in [5.74, 6) is 0.559. The highest BCUT2D eigenvalue weighted by Crippen LogP contribution is 2.38. The van der Waals surface area contributed by atoms with E-state index in [4.69, 9.17) is 0 Å². The van der Waals surface area contributed by atoms with Crippen molar-refractivity contribution in [1.82, 2.24) is 9.80 Å². The summed E-state index contributed by atoms with van der Waals surface area (Å²) in [5.41, 5.74) is 1.29. The third kappa shape index (κ3) is 7.08. The molecule has 0 spiro atoms. The first kappa shape index (κ1) is 28.2. The minimum atomic E-state index is -3.41. The fraction of sp³-hybridized carbons (Fsp3) is 0.581. The van der Waals surface area contributed by atoms with Crippen LogP contribution in [0, 0.1) is 23.6 Å². The molecule has 2 aliphatic heterocycles. The Morgan fingerprint density at radius 2 is 1.64 bits per heavy atom. The van der Waals surface area contributed by atoms with E-state index in [1.807, 2.05) is 6.07 Å². The fourth-order valence-corrected chi connectivity index (χ4v) is 8.17. The van der Waals surface area contributed by atoms with Crippen LogP contribution >= 0.6 is 0 Å². The highest BCUT2D eigenvalue weighted by atomic mass is 32.2. The van der Waals surface area contributed by atoms with Crippen molar-refractivity contribution in [3.8, 4) is 0 Å². The van der Waals surface area contributed by atoms with E-state index in [-0.39, 0.29) is 10.6 Å². The minimum Gasteiger partial charge on any atom is -0.480 e. The number of carboxylic acids is 1. The highest BCUT2D eigenvalue weighted by molar-refractivity contribution is 7.91. The standard InChI is InChI=1S/C31H41FN2O4S/c32-27-9-11-28(12-10-27)39(37,38)18-15-23-13-16-33(17-14-23)20-26-21-34(22-29(26)25-7-2-1-3-8-25)30(31(35)36)19-24-5-4-6-24/h1-3,7-12,23-24,26,29-30H,4-6,13-22H2,(H,35,36)/t26-,29+,30+/m0/s1. The normalized spacial score (nSPS) is 24.4. The zero-order valence-corrected chi connectivity index (χ0v) is 23.4. The van der Waals surface area contributed by atoms with E-state index in [1.165, 1.54) is 36.2 Å². The molecule has 0 bridgehead atoms. The first-order valence-electron chi connectivity index (χ1n) is 14.5. The molecule has 0 amide bonds. The van der Waals surface area contributed by atoms with Gasteiger partial charge in [0.05, 0.1) is 10.6 Å². The number of nitrogens with zero attached hydrogens (tertiary/aromatic N) is 2. The number of likely N-dealkylation sites (tertiary alicyclic amines) is 2. The monoisotopic (exact) mass is 556 g/mol. The molecule has 3 atom stereocenters. The Morgan fingerprint density at radius 3 is 2.26 bits per heavy atom. The van der Waals surface area contributed by atoms with Crippen LogP contribution in [0.25, 0.3) is 0 Å². The van der Waals surface area contributed by atoms with Gasteiger partial charge < -0.3 is 10.0 Å². The van der Waals surface area contributed by atoms with Crippen molar-refractivity contribution in [2.75, 3.05) is 38.5 Å². The summed E-state index contributed by atoms with van der Waals surface area (Å²) in [7, 11) is -3.41. The molecule has 2 aromatic carbocycles. The van der Waals surface area contributed by atoms with Gasteiger partial charge in [-0.25, -0.2) is 12.8 Å². The van der Waals surface area contributed by atoms with Crippen LogP contribution in [-0.4, -0.2) is 73.8 Å². The molecule has 1 aliphatic carbocycles. The predicted molar refractivity (Wildman–Crippen MR) is 150 cm³/mol. The topological polar surface area (TPSA) is 77.9 Å². The van der Waals surface area contributed by atoms with Crippen molar-refractivity contribution in [3.05, 3.63) is 66.0 Å². The first-order valence-corrected chi connectivity index (χ1v) is 16.2. The van der Waals surface area contributed by atoms with Crippen molar-refractivity contribution < 1.29 is 22.7 Å². The molecule has 2 heterocycles. The molecule has 5 rings (SSSR count). The highest BCUT2D eigenvalue weighted by Gasteiger charge is 2.41. The molecule has 0 unspecified atom stereocenters. The molecular weight excluding hydrogens is 515 g/mol. The quantitative estimate of drug-likeness (QED) is 0.390. The second-order valence-corrected chi connectivity index (χ2v) is 14.0. The lowest BCUT2D eigenvalue weighted by Gasteiger charge is -2.35. The lowest BCUT2D eigenvalue weighted by Crippen LogP contribution is -2.43. The van der Waals surface area contributed by atoms with Gasteiger partial charge in [-0.15, -0.1) is 0 Å². The maximum atomic E-state index is 13.2. The number of hydrogen-bond donors (Lipinski definition) is 1. The van der Waals surface area contributed by atoms with Gasteiger partial charge in [0.1, 0.15) is 11.9 Å². The maximum Gasteiger partial charge on any atom is 0.320 e. The Labute approximate surface area is 232 Å². The van der Waals surface area contributed by atoms with Gasteiger partial charge >= 0.3 is 5.97 Å². The molecule has 1 saturated carbocycles. The largest absolute Gasteiger partial charge is 0.480 e. The molecule has 0 aromatic heterocycles. The van der Waals surface area contributed by atoms with Crippen LogP contribution in [0.3, 0.4) is 0 Å². The van der Waals surface area contributed by atoms with Crippen molar-refractivity contribution in [3.63, 3.8) is 0 Å². The van der Waals surface area contributed by atoms with Gasteiger partial charge in [0.25, 0.3) is 0 Å². The van der Waals surface area contributed by atoms with Crippen LogP contribution in [0.4, 0.5) is 4.39 Å². The molecule has 3 aliphatic rings. The van der Waals surface area contributed by atoms with Gasteiger partial charge in [-0.05, 0) is 86.4 Å². The molecule has 8 heteroatoms. The second-order valence-electron chi connectivity index (χ2n) is 11.9.